The predicted molar refractivity (Wildman–Crippen MR) is 55.1 cm³/mol. The summed E-state index contributed by atoms with van der Waals surface area (Å²) < 4.78 is 0. The Morgan fingerprint density at radius 1 is 1.40 bits per heavy atom. The van der Waals surface area contributed by atoms with E-state index in [1.54, 1.807) is 17.0 Å². The number of amides is 1. The molecule has 4 nitrogen and oxygen atoms in total. The van der Waals surface area contributed by atoms with Gasteiger partial charge in [-0.3, -0.25) is 9.59 Å². The summed E-state index contributed by atoms with van der Waals surface area (Å²) in [5.41, 5.74) is 0.894. The highest BCUT2D eigenvalue weighted by atomic mass is 16.3. The van der Waals surface area contributed by atoms with Crippen LogP contribution in [-0.2, 0) is 4.79 Å². The third kappa shape index (κ3) is 1.70. The van der Waals surface area contributed by atoms with Crippen LogP contribution in [-0.4, -0.2) is 23.8 Å². The van der Waals surface area contributed by atoms with Crippen LogP contribution in [0.15, 0.2) is 18.2 Å². The lowest BCUT2D eigenvalue weighted by Gasteiger charge is -2.16. The van der Waals surface area contributed by atoms with Gasteiger partial charge in [0.1, 0.15) is 12.0 Å². The fourth-order valence-electron chi connectivity index (χ4n) is 1.74. The van der Waals surface area contributed by atoms with E-state index in [0.717, 1.165) is 6.42 Å². The molecule has 1 aromatic carbocycles. The fourth-order valence-corrected chi connectivity index (χ4v) is 1.74. The van der Waals surface area contributed by atoms with E-state index in [0.29, 0.717) is 30.5 Å². The van der Waals surface area contributed by atoms with E-state index in [1.165, 1.54) is 6.07 Å². The highest BCUT2D eigenvalue weighted by molar-refractivity contribution is 5.97. The zero-order valence-electron chi connectivity index (χ0n) is 8.14. The molecule has 0 aliphatic carbocycles. The lowest BCUT2D eigenvalue weighted by atomic mass is 10.2. The van der Waals surface area contributed by atoms with Gasteiger partial charge in [-0.15, -0.1) is 0 Å². The molecule has 1 fully saturated rings. The first kappa shape index (κ1) is 9.71. The van der Waals surface area contributed by atoms with E-state index in [4.69, 9.17) is 0 Å². The number of hydrogen-bond acceptors (Lipinski definition) is 3. The summed E-state index contributed by atoms with van der Waals surface area (Å²) in [5, 5.41) is 9.65. The van der Waals surface area contributed by atoms with Crippen molar-refractivity contribution in [2.75, 3.05) is 11.4 Å². The van der Waals surface area contributed by atoms with Gasteiger partial charge in [0.25, 0.3) is 0 Å². The molecule has 0 bridgehead atoms. The molecule has 1 heterocycles. The Morgan fingerprint density at radius 3 is 2.73 bits per heavy atom. The third-order valence-corrected chi connectivity index (χ3v) is 2.50. The largest absolute Gasteiger partial charge is 0.506 e. The minimum Gasteiger partial charge on any atom is -0.506 e. The first-order valence-electron chi connectivity index (χ1n) is 4.81. The van der Waals surface area contributed by atoms with E-state index >= 15 is 0 Å². The van der Waals surface area contributed by atoms with Gasteiger partial charge in [-0.1, -0.05) is 0 Å². The highest BCUT2D eigenvalue weighted by Crippen LogP contribution is 2.30. The first-order chi connectivity index (χ1) is 7.22. The van der Waals surface area contributed by atoms with Crippen LogP contribution < -0.4 is 4.90 Å². The van der Waals surface area contributed by atoms with Gasteiger partial charge in [0.15, 0.2) is 0 Å². The van der Waals surface area contributed by atoms with Gasteiger partial charge in [-0.05, 0) is 24.6 Å². The maximum atomic E-state index is 11.4. The molecule has 0 aromatic heterocycles. The molecule has 0 radical (unpaired) electrons. The van der Waals surface area contributed by atoms with Gasteiger partial charge in [-0.25, -0.2) is 0 Å². The Bertz CT molecular complexity index is 414. The van der Waals surface area contributed by atoms with Crippen LogP contribution in [0.4, 0.5) is 5.69 Å². The Hall–Kier alpha value is -1.84. The lowest BCUT2D eigenvalue weighted by molar-refractivity contribution is -0.117. The quantitative estimate of drug-likeness (QED) is 0.741. The monoisotopic (exact) mass is 205 g/mol. The van der Waals surface area contributed by atoms with Crippen molar-refractivity contribution in [3.8, 4) is 5.75 Å². The summed E-state index contributed by atoms with van der Waals surface area (Å²) in [6.07, 6.45) is 2.00. The second-order valence-corrected chi connectivity index (χ2v) is 3.51. The van der Waals surface area contributed by atoms with Crippen molar-refractivity contribution < 1.29 is 14.7 Å². The summed E-state index contributed by atoms with van der Waals surface area (Å²) >= 11 is 0. The molecule has 1 amide bonds. The zero-order chi connectivity index (χ0) is 10.8. The van der Waals surface area contributed by atoms with Crippen molar-refractivity contribution in [1.29, 1.82) is 0 Å². The van der Waals surface area contributed by atoms with Crippen molar-refractivity contribution >= 4 is 17.9 Å². The topological polar surface area (TPSA) is 57.6 Å². The summed E-state index contributed by atoms with van der Waals surface area (Å²) in [6.45, 7) is 0.632. The second kappa shape index (κ2) is 3.73. The molecule has 0 spiro atoms. The number of rotatable bonds is 2. The van der Waals surface area contributed by atoms with Crippen molar-refractivity contribution in [3.63, 3.8) is 0 Å². The van der Waals surface area contributed by atoms with Crippen LogP contribution in [0, 0.1) is 0 Å². The van der Waals surface area contributed by atoms with Crippen LogP contribution in [0.25, 0.3) is 0 Å². The average Bonchev–Trinajstić information content (AvgIpc) is 2.64. The molecule has 4 heteroatoms. The molecular weight excluding hydrogens is 194 g/mol. The molecule has 0 unspecified atom stereocenters. The standard InChI is InChI=1S/C11H11NO3/c13-7-8-3-4-9(10(14)6-8)12-5-1-2-11(12)15/h3-4,6-7,14H,1-2,5H2. The first-order valence-corrected chi connectivity index (χ1v) is 4.81. The number of carbonyl (C=O) groups excluding carboxylic acids is 2. The molecule has 1 aliphatic rings. The minimum absolute atomic E-state index is 0.0177. The van der Waals surface area contributed by atoms with E-state index in [9.17, 15) is 14.7 Å². The Balaban J connectivity index is 2.36. The molecule has 78 valence electrons. The number of aromatic hydroxyl groups is 1. The van der Waals surface area contributed by atoms with Gasteiger partial charge >= 0.3 is 0 Å². The van der Waals surface area contributed by atoms with Crippen LogP contribution in [0.2, 0.25) is 0 Å². The van der Waals surface area contributed by atoms with E-state index in [2.05, 4.69) is 0 Å². The maximum absolute atomic E-state index is 11.4. The molecule has 1 N–H and O–H groups in total. The normalized spacial score (nSPS) is 15.7. The van der Waals surface area contributed by atoms with Crippen LogP contribution in [0.5, 0.6) is 5.75 Å². The summed E-state index contributed by atoms with van der Waals surface area (Å²) in [5.74, 6) is -0.000923. The fraction of sp³-hybridized carbons (Fsp3) is 0.273. The number of anilines is 1. The Kier molecular flexibility index (Phi) is 2.41. The number of hydrogen-bond donors (Lipinski definition) is 1. The summed E-state index contributed by atoms with van der Waals surface area (Å²) in [6, 6.07) is 4.56. The van der Waals surface area contributed by atoms with Crippen molar-refractivity contribution in [2.45, 2.75) is 12.8 Å². The maximum Gasteiger partial charge on any atom is 0.227 e. The molecule has 0 saturated carbocycles. The average molecular weight is 205 g/mol. The van der Waals surface area contributed by atoms with Crippen molar-refractivity contribution in [2.24, 2.45) is 0 Å². The van der Waals surface area contributed by atoms with Crippen molar-refractivity contribution in [3.05, 3.63) is 23.8 Å². The third-order valence-electron chi connectivity index (χ3n) is 2.50. The molecule has 1 aliphatic heterocycles. The van der Waals surface area contributed by atoms with Crippen LogP contribution >= 0.6 is 0 Å². The van der Waals surface area contributed by atoms with Crippen molar-refractivity contribution in [1.82, 2.24) is 0 Å². The minimum atomic E-state index is -0.0187. The SMILES string of the molecule is O=Cc1ccc(N2CCCC2=O)c(O)c1. The molecule has 1 saturated heterocycles. The Labute approximate surface area is 87.1 Å². The highest BCUT2D eigenvalue weighted by Gasteiger charge is 2.23. The van der Waals surface area contributed by atoms with E-state index in [-0.39, 0.29) is 11.7 Å². The van der Waals surface area contributed by atoms with Crippen LogP contribution in [0.3, 0.4) is 0 Å². The molecule has 1 aromatic rings. The summed E-state index contributed by atoms with van der Waals surface area (Å²) in [7, 11) is 0. The molecule has 15 heavy (non-hydrogen) atoms. The predicted octanol–water partition coefficient (Wildman–Crippen LogP) is 1.33. The van der Waals surface area contributed by atoms with Gasteiger partial charge < -0.3 is 10.0 Å². The smallest absolute Gasteiger partial charge is 0.227 e. The van der Waals surface area contributed by atoms with Gasteiger partial charge in [-0.2, -0.15) is 0 Å². The van der Waals surface area contributed by atoms with Crippen LogP contribution in [0.1, 0.15) is 23.2 Å². The summed E-state index contributed by atoms with van der Waals surface area (Å²) in [4.78, 5) is 23.4. The number of carbonyl (C=O) groups is 2. The Morgan fingerprint density at radius 2 is 2.20 bits per heavy atom. The van der Waals surface area contributed by atoms with Gasteiger partial charge in [0.2, 0.25) is 5.91 Å². The van der Waals surface area contributed by atoms with Gasteiger partial charge in [0.05, 0.1) is 5.69 Å². The molecule has 2 rings (SSSR count). The number of phenolic OH excluding ortho intramolecular Hbond substituents is 1. The molecule has 0 atom stereocenters. The van der Waals surface area contributed by atoms with E-state index in [1.807, 2.05) is 0 Å². The second-order valence-electron chi connectivity index (χ2n) is 3.51. The number of phenols is 1. The number of benzene rings is 1. The van der Waals surface area contributed by atoms with Gasteiger partial charge in [0, 0.05) is 18.5 Å². The lowest BCUT2D eigenvalue weighted by Crippen LogP contribution is -2.23. The number of aldehydes is 1. The zero-order valence-corrected chi connectivity index (χ0v) is 8.14. The van der Waals surface area contributed by atoms with E-state index < -0.39 is 0 Å². The molecular formula is C11H11NO3. The number of nitrogens with zero attached hydrogens (tertiary/aromatic N) is 1.